The zero-order chi connectivity index (χ0) is 12.4. The summed E-state index contributed by atoms with van der Waals surface area (Å²) in [4.78, 5) is 27.9. The number of carboxylic acids is 1. The number of amides is 2. The van der Waals surface area contributed by atoms with Crippen molar-refractivity contribution in [3.63, 3.8) is 0 Å². The highest BCUT2D eigenvalue weighted by Gasteiger charge is 2.37. The molecule has 0 radical (unpaired) electrons. The molecule has 7 heteroatoms. The maximum absolute atomic E-state index is 11.7. The average Bonchev–Trinajstić information content (AvgIpc) is 2.67. The summed E-state index contributed by atoms with van der Waals surface area (Å²) in [5.41, 5.74) is 0. The van der Waals surface area contributed by atoms with Crippen LogP contribution < -0.4 is 5.32 Å². The zero-order valence-electron chi connectivity index (χ0n) is 9.29. The Balaban J connectivity index is 1.80. The number of carboxylic acid groups (broad SMARTS) is 1. The summed E-state index contributed by atoms with van der Waals surface area (Å²) in [6, 6.07) is -0.214. The number of nitrogens with zero attached hydrogens (tertiary/aromatic N) is 2. The molecular formula is C10H13N3O3S. The molecule has 2 N–H and O–H groups in total. The second kappa shape index (κ2) is 4.70. The molecule has 0 bridgehead atoms. The molecule has 1 aliphatic heterocycles. The van der Waals surface area contributed by atoms with Gasteiger partial charge in [0.05, 0.1) is 5.92 Å². The minimum atomic E-state index is -0.810. The van der Waals surface area contributed by atoms with Gasteiger partial charge >= 0.3 is 12.0 Å². The first-order valence-electron chi connectivity index (χ1n) is 5.26. The third kappa shape index (κ3) is 2.55. The average molecular weight is 255 g/mol. The predicted octanol–water partition coefficient (Wildman–Crippen LogP) is 1.33. The van der Waals surface area contributed by atoms with Gasteiger partial charge in [0.15, 0.2) is 5.13 Å². The Morgan fingerprint density at radius 2 is 2.35 bits per heavy atom. The fourth-order valence-electron chi connectivity index (χ4n) is 1.65. The van der Waals surface area contributed by atoms with Gasteiger partial charge in [0, 0.05) is 30.6 Å². The highest BCUT2D eigenvalue weighted by Crippen LogP contribution is 2.24. The molecule has 1 aliphatic rings. The molecule has 1 fully saturated rings. The molecule has 17 heavy (non-hydrogen) atoms. The first kappa shape index (κ1) is 11.8. The van der Waals surface area contributed by atoms with Gasteiger partial charge in [-0.3, -0.25) is 10.1 Å². The lowest BCUT2D eigenvalue weighted by molar-refractivity contribution is -0.144. The van der Waals surface area contributed by atoms with Crippen molar-refractivity contribution in [2.24, 2.45) is 11.8 Å². The number of likely N-dealkylation sites (tertiary alicyclic amines) is 1. The Morgan fingerprint density at radius 1 is 1.65 bits per heavy atom. The van der Waals surface area contributed by atoms with E-state index in [1.807, 2.05) is 0 Å². The Bertz CT molecular complexity index is 414. The summed E-state index contributed by atoms with van der Waals surface area (Å²) in [6.45, 7) is 2.65. The monoisotopic (exact) mass is 255 g/mol. The number of aliphatic carboxylic acids is 1. The fraction of sp³-hybridized carbons (Fsp3) is 0.500. The van der Waals surface area contributed by atoms with Crippen molar-refractivity contribution in [3.8, 4) is 0 Å². The number of nitrogens with one attached hydrogen (secondary N) is 1. The summed E-state index contributed by atoms with van der Waals surface area (Å²) < 4.78 is 0. The van der Waals surface area contributed by atoms with Crippen LogP contribution >= 0.6 is 11.3 Å². The highest BCUT2D eigenvalue weighted by molar-refractivity contribution is 7.13. The number of anilines is 1. The van der Waals surface area contributed by atoms with Crippen LogP contribution in [0.2, 0.25) is 0 Å². The van der Waals surface area contributed by atoms with Crippen LogP contribution in [0.1, 0.15) is 6.92 Å². The van der Waals surface area contributed by atoms with Crippen LogP contribution in [0.25, 0.3) is 0 Å². The molecule has 1 saturated heterocycles. The number of hydrogen-bond acceptors (Lipinski definition) is 4. The van der Waals surface area contributed by atoms with Crippen molar-refractivity contribution in [2.75, 3.05) is 18.4 Å². The van der Waals surface area contributed by atoms with Crippen molar-refractivity contribution in [3.05, 3.63) is 11.6 Å². The summed E-state index contributed by atoms with van der Waals surface area (Å²) >= 11 is 1.35. The molecule has 2 rings (SSSR count). The third-order valence-electron chi connectivity index (χ3n) is 2.94. The van der Waals surface area contributed by atoms with Gasteiger partial charge in [0.25, 0.3) is 0 Å². The van der Waals surface area contributed by atoms with Gasteiger partial charge in [-0.25, -0.2) is 9.78 Å². The van der Waals surface area contributed by atoms with E-state index in [1.165, 1.54) is 11.3 Å². The van der Waals surface area contributed by atoms with E-state index in [0.717, 1.165) is 0 Å². The number of rotatable bonds is 3. The van der Waals surface area contributed by atoms with Gasteiger partial charge in [-0.05, 0) is 0 Å². The third-order valence-corrected chi connectivity index (χ3v) is 3.63. The number of carbonyl (C=O) groups excluding carboxylic acids is 1. The molecule has 0 spiro atoms. The second-order valence-electron chi connectivity index (χ2n) is 4.06. The lowest BCUT2D eigenvalue weighted by Gasteiger charge is -2.40. The van der Waals surface area contributed by atoms with Crippen LogP contribution in [-0.2, 0) is 4.79 Å². The van der Waals surface area contributed by atoms with Crippen molar-refractivity contribution in [1.82, 2.24) is 9.88 Å². The van der Waals surface area contributed by atoms with Crippen LogP contribution in [0.15, 0.2) is 11.6 Å². The fourth-order valence-corrected chi connectivity index (χ4v) is 2.17. The van der Waals surface area contributed by atoms with Gasteiger partial charge < -0.3 is 10.0 Å². The highest BCUT2D eigenvalue weighted by atomic mass is 32.1. The van der Waals surface area contributed by atoms with E-state index in [4.69, 9.17) is 5.11 Å². The summed E-state index contributed by atoms with van der Waals surface area (Å²) in [6.07, 6.45) is 1.62. The van der Waals surface area contributed by atoms with Gasteiger partial charge in [-0.1, -0.05) is 6.92 Å². The van der Waals surface area contributed by atoms with E-state index in [1.54, 1.807) is 23.4 Å². The molecule has 0 aliphatic carbocycles. The Hall–Kier alpha value is -1.63. The number of urea groups is 1. The van der Waals surface area contributed by atoms with E-state index < -0.39 is 11.9 Å². The SMILES string of the molecule is CC(C(=O)O)C1CN(C(=O)Nc2nccs2)C1. The maximum atomic E-state index is 11.7. The molecule has 1 aromatic rings. The molecule has 1 unspecified atom stereocenters. The summed E-state index contributed by atoms with van der Waals surface area (Å²) in [7, 11) is 0. The largest absolute Gasteiger partial charge is 0.481 e. The van der Waals surface area contributed by atoms with Crippen LogP contribution in [0, 0.1) is 11.8 Å². The van der Waals surface area contributed by atoms with Crippen LogP contribution in [-0.4, -0.2) is 40.1 Å². The minimum absolute atomic E-state index is 0.0505. The molecule has 0 saturated carbocycles. The lowest BCUT2D eigenvalue weighted by atomic mass is 9.87. The van der Waals surface area contributed by atoms with E-state index in [0.29, 0.717) is 18.2 Å². The van der Waals surface area contributed by atoms with E-state index in [9.17, 15) is 9.59 Å². The molecule has 0 aromatic carbocycles. The van der Waals surface area contributed by atoms with Gasteiger partial charge in [-0.2, -0.15) is 0 Å². The Labute approximate surface area is 102 Å². The van der Waals surface area contributed by atoms with Crippen LogP contribution in [0.5, 0.6) is 0 Å². The second-order valence-corrected chi connectivity index (χ2v) is 4.95. The van der Waals surface area contributed by atoms with Crippen molar-refractivity contribution < 1.29 is 14.7 Å². The van der Waals surface area contributed by atoms with Crippen LogP contribution in [0.4, 0.5) is 9.93 Å². The molecule has 6 nitrogen and oxygen atoms in total. The standard InChI is InChI=1S/C10H13N3O3S/c1-6(8(14)15)7-4-13(5-7)10(16)12-9-11-2-3-17-9/h2-3,6-7H,4-5H2,1H3,(H,14,15)(H,11,12,16). The number of thiazole rings is 1. The van der Waals surface area contributed by atoms with Crippen molar-refractivity contribution >= 4 is 28.5 Å². The summed E-state index contributed by atoms with van der Waals surface area (Å²) in [5, 5.41) is 13.8. The van der Waals surface area contributed by atoms with Crippen molar-refractivity contribution in [2.45, 2.75) is 6.92 Å². The first-order chi connectivity index (χ1) is 8.08. The molecule has 1 aromatic heterocycles. The number of aromatic nitrogens is 1. The maximum Gasteiger partial charge on any atom is 0.323 e. The van der Waals surface area contributed by atoms with E-state index >= 15 is 0 Å². The predicted molar refractivity (Wildman–Crippen MR) is 63.0 cm³/mol. The number of hydrogen-bond donors (Lipinski definition) is 2. The lowest BCUT2D eigenvalue weighted by Crippen LogP contribution is -2.54. The normalized spacial score (nSPS) is 17.4. The van der Waals surface area contributed by atoms with E-state index in [2.05, 4.69) is 10.3 Å². The molecule has 92 valence electrons. The number of carbonyl (C=O) groups is 2. The summed E-state index contributed by atoms with van der Waals surface area (Å²) in [5.74, 6) is -1.16. The van der Waals surface area contributed by atoms with E-state index in [-0.39, 0.29) is 11.9 Å². The molecular weight excluding hydrogens is 242 g/mol. The van der Waals surface area contributed by atoms with Gasteiger partial charge in [0.2, 0.25) is 0 Å². The van der Waals surface area contributed by atoms with Crippen molar-refractivity contribution in [1.29, 1.82) is 0 Å². The smallest absolute Gasteiger partial charge is 0.323 e. The topological polar surface area (TPSA) is 82.5 Å². The quantitative estimate of drug-likeness (QED) is 0.853. The molecule has 1 atom stereocenters. The van der Waals surface area contributed by atoms with Crippen LogP contribution in [0.3, 0.4) is 0 Å². The van der Waals surface area contributed by atoms with Gasteiger partial charge in [-0.15, -0.1) is 11.3 Å². The van der Waals surface area contributed by atoms with Gasteiger partial charge in [0.1, 0.15) is 0 Å². The zero-order valence-corrected chi connectivity index (χ0v) is 10.1. The first-order valence-corrected chi connectivity index (χ1v) is 6.14. The molecule has 2 amide bonds. The Morgan fingerprint density at radius 3 is 2.88 bits per heavy atom. The minimum Gasteiger partial charge on any atom is -0.481 e. The Kier molecular flexibility index (Phi) is 3.28. The molecule has 2 heterocycles.